The number of benzene rings is 1. The molecule has 8 heteroatoms. The van der Waals surface area contributed by atoms with Crippen LogP contribution in [0, 0.1) is 0 Å². The lowest BCUT2D eigenvalue weighted by Crippen LogP contribution is -2.52. The van der Waals surface area contributed by atoms with Crippen molar-refractivity contribution in [1.29, 1.82) is 0 Å². The predicted octanol–water partition coefficient (Wildman–Crippen LogP) is 2.91. The third kappa shape index (κ3) is 4.92. The fraction of sp³-hybridized carbons (Fsp3) is 0.357. The summed E-state index contributed by atoms with van der Waals surface area (Å²) in [4.78, 5) is 11.8. The Bertz CT molecular complexity index is 531. The quantitative estimate of drug-likeness (QED) is 0.785. The molecule has 1 aromatic carbocycles. The Morgan fingerprint density at radius 1 is 1.36 bits per heavy atom. The Morgan fingerprint density at radius 2 is 1.95 bits per heavy atom. The van der Waals surface area contributed by atoms with Crippen molar-refractivity contribution in [3.63, 3.8) is 0 Å². The predicted molar refractivity (Wildman–Crippen MR) is 75.6 cm³/mol. The van der Waals surface area contributed by atoms with Crippen molar-refractivity contribution < 1.29 is 27.8 Å². The molecular formula is C14H15ClF3NO3. The number of aliphatic hydroxyl groups is 1. The first-order valence-electron chi connectivity index (χ1n) is 6.32. The van der Waals surface area contributed by atoms with E-state index in [0.717, 1.165) is 6.26 Å². The Labute approximate surface area is 130 Å². The second-order valence-electron chi connectivity index (χ2n) is 4.37. The van der Waals surface area contributed by atoms with Gasteiger partial charge in [-0.1, -0.05) is 11.6 Å². The normalized spacial score (nSPS) is 14.6. The molecule has 0 saturated heterocycles. The molecule has 1 amide bonds. The molecule has 2 N–H and O–H groups in total. The first-order chi connectivity index (χ1) is 10.2. The number of carbonyl (C=O) groups excluding carboxylic acids is 1. The summed E-state index contributed by atoms with van der Waals surface area (Å²) in [5.74, 6) is -0.760. The molecule has 1 atom stereocenters. The molecule has 0 aliphatic heterocycles. The average Bonchev–Trinajstić information content (AvgIpc) is 2.44. The molecule has 0 radical (unpaired) electrons. The fourth-order valence-electron chi connectivity index (χ4n) is 1.43. The minimum Gasteiger partial charge on any atom is -0.502 e. The smallest absolute Gasteiger partial charge is 0.422 e. The number of ether oxygens (including phenoxy) is 1. The molecule has 22 heavy (non-hydrogen) atoms. The van der Waals surface area contributed by atoms with E-state index in [1.807, 2.05) is 5.32 Å². The number of hydrogen-bond donors (Lipinski definition) is 2. The molecular weight excluding hydrogens is 323 g/mol. The number of rotatable bonds is 6. The summed E-state index contributed by atoms with van der Waals surface area (Å²) in [7, 11) is 0. The zero-order valence-electron chi connectivity index (χ0n) is 11.7. The van der Waals surface area contributed by atoms with Crippen LogP contribution in [0.3, 0.4) is 0 Å². The van der Waals surface area contributed by atoms with E-state index in [-0.39, 0.29) is 12.2 Å². The standard InChI is InChI=1S/C14H15ClF3NO3/c1-2-22-8-7-13(21,14(16,17)18)9-19-12(20)10-3-5-11(15)6-4-10/h3-8,21H,2,9H2,1H3,(H,19,20)/b8-7+/t13-/m0/s1. The first kappa shape index (κ1) is 18.3. The van der Waals surface area contributed by atoms with Crippen LogP contribution in [-0.2, 0) is 4.74 Å². The molecule has 0 saturated carbocycles. The van der Waals surface area contributed by atoms with Crippen molar-refractivity contribution in [2.45, 2.75) is 18.7 Å². The second kappa shape index (κ2) is 7.51. The van der Waals surface area contributed by atoms with Crippen molar-refractivity contribution in [1.82, 2.24) is 5.32 Å². The summed E-state index contributed by atoms with van der Waals surface area (Å²) in [6.45, 7) is 0.697. The van der Waals surface area contributed by atoms with E-state index in [1.165, 1.54) is 24.3 Å². The van der Waals surface area contributed by atoms with Crippen LogP contribution in [0.15, 0.2) is 36.6 Å². The van der Waals surface area contributed by atoms with Gasteiger partial charge >= 0.3 is 6.18 Å². The summed E-state index contributed by atoms with van der Waals surface area (Å²) in [6.07, 6.45) is -3.76. The van der Waals surface area contributed by atoms with E-state index < -0.39 is 24.2 Å². The molecule has 122 valence electrons. The minimum absolute atomic E-state index is 0.128. The van der Waals surface area contributed by atoms with Crippen LogP contribution < -0.4 is 5.32 Å². The molecule has 0 aliphatic carbocycles. The summed E-state index contributed by atoms with van der Waals surface area (Å²) in [5.41, 5.74) is -3.09. The van der Waals surface area contributed by atoms with Crippen molar-refractivity contribution in [3.8, 4) is 0 Å². The molecule has 1 aromatic rings. The van der Waals surface area contributed by atoms with Gasteiger partial charge in [0.2, 0.25) is 0 Å². The maximum absolute atomic E-state index is 12.9. The fourth-order valence-corrected chi connectivity index (χ4v) is 1.55. The van der Waals surface area contributed by atoms with Crippen LogP contribution in [0.25, 0.3) is 0 Å². The van der Waals surface area contributed by atoms with Gasteiger partial charge < -0.3 is 15.2 Å². The van der Waals surface area contributed by atoms with Gasteiger partial charge in [0.1, 0.15) is 0 Å². The number of hydrogen-bond acceptors (Lipinski definition) is 3. The van der Waals surface area contributed by atoms with E-state index in [4.69, 9.17) is 11.6 Å². The molecule has 4 nitrogen and oxygen atoms in total. The molecule has 0 bridgehead atoms. The van der Waals surface area contributed by atoms with E-state index in [1.54, 1.807) is 6.92 Å². The zero-order valence-corrected chi connectivity index (χ0v) is 12.4. The highest BCUT2D eigenvalue weighted by Crippen LogP contribution is 2.31. The van der Waals surface area contributed by atoms with Gasteiger partial charge in [-0.2, -0.15) is 13.2 Å². The van der Waals surface area contributed by atoms with Crippen molar-refractivity contribution >= 4 is 17.5 Å². The number of carbonyl (C=O) groups is 1. The molecule has 0 aliphatic rings. The maximum atomic E-state index is 12.9. The lowest BCUT2D eigenvalue weighted by Gasteiger charge is -2.27. The van der Waals surface area contributed by atoms with Crippen LogP contribution in [0.2, 0.25) is 5.02 Å². The van der Waals surface area contributed by atoms with Gasteiger partial charge in [-0.05, 0) is 37.3 Å². The van der Waals surface area contributed by atoms with Gasteiger partial charge in [0.25, 0.3) is 5.91 Å². The van der Waals surface area contributed by atoms with Crippen LogP contribution in [-0.4, -0.2) is 35.9 Å². The molecule has 0 spiro atoms. The molecule has 1 rings (SSSR count). The first-order valence-corrected chi connectivity index (χ1v) is 6.69. The third-order valence-electron chi connectivity index (χ3n) is 2.72. The Hall–Kier alpha value is -1.73. The second-order valence-corrected chi connectivity index (χ2v) is 4.81. The highest BCUT2D eigenvalue weighted by molar-refractivity contribution is 6.30. The zero-order chi connectivity index (χ0) is 16.8. The highest BCUT2D eigenvalue weighted by atomic mass is 35.5. The number of halogens is 4. The number of alkyl halides is 3. The lowest BCUT2D eigenvalue weighted by atomic mass is 10.0. The summed E-state index contributed by atoms with van der Waals surface area (Å²) < 4.78 is 43.4. The van der Waals surface area contributed by atoms with Gasteiger partial charge in [-0.25, -0.2) is 0 Å². The largest absolute Gasteiger partial charge is 0.502 e. The molecule has 0 heterocycles. The summed E-state index contributed by atoms with van der Waals surface area (Å²) >= 11 is 5.65. The van der Waals surface area contributed by atoms with Gasteiger partial charge in [-0.3, -0.25) is 4.79 Å². The lowest BCUT2D eigenvalue weighted by molar-refractivity contribution is -0.237. The molecule has 0 aromatic heterocycles. The third-order valence-corrected chi connectivity index (χ3v) is 2.97. The molecule has 0 unspecified atom stereocenters. The van der Waals surface area contributed by atoms with Crippen molar-refractivity contribution in [2.75, 3.05) is 13.2 Å². The van der Waals surface area contributed by atoms with Crippen LogP contribution in [0.4, 0.5) is 13.2 Å². The Morgan fingerprint density at radius 3 is 2.45 bits per heavy atom. The minimum atomic E-state index is -4.96. The topological polar surface area (TPSA) is 58.6 Å². The summed E-state index contributed by atoms with van der Waals surface area (Å²) in [6, 6.07) is 5.59. The molecule has 0 fully saturated rings. The van der Waals surface area contributed by atoms with Crippen molar-refractivity contribution in [3.05, 3.63) is 47.2 Å². The van der Waals surface area contributed by atoms with Crippen LogP contribution in [0.5, 0.6) is 0 Å². The van der Waals surface area contributed by atoms with E-state index in [0.29, 0.717) is 11.1 Å². The number of nitrogens with one attached hydrogen (secondary N) is 1. The van der Waals surface area contributed by atoms with Crippen molar-refractivity contribution in [2.24, 2.45) is 0 Å². The van der Waals surface area contributed by atoms with Gasteiger partial charge in [0.15, 0.2) is 5.60 Å². The van der Waals surface area contributed by atoms with Gasteiger partial charge in [-0.15, -0.1) is 0 Å². The Balaban J connectivity index is 2.79. The van der Waals surface area contributed by atoms with Gasteiger partial charge in [0.05, 0.1) is 19.4 Å². The van der Waals surface area contributed by atoms with E-state index in [9.17, 15) is 23.1 Å². The maximum Gasteiger partial charge on any atom is 0.422 e. The summed E-state index contributed by atoms with van der Waals surface area (Å²) in [5, 5.41) is 12.1. The number of amides is 1. The van der Waals surface area contributed by atoms with Gasteiger partial charge in [0, 0.05) is 10.6 Å². The highest BCUT2D eigenvalue weighted by Gasteiger charge is 2.52. The SMILES string of the molecule is CCO/C=C/[C@](O)(CNC(=O)c1ccc(Cl)cc1)C(F)(F)F. The monoisotopic (exact) mass is 337 g/mol. The van der Waals surface area contributed by atoms with E-state index >= 15 is 0 Å². The average molecular weight is 338 g/mol. The van der Waals surface area contributed by atoms with Crippen LogP contribution >= 0.6 is 11.6 Å². The van der Waals surface area contributed by atoms with E-state index in [2.05, 4.69) is 4.74 Å². The Kier molecular flexibility index (Phi) is 6.25. The van der Waals surface area contributed by atoms with Crippen LogP contribution in [0.1, 0.15) is 17.3 Å².